The first-order valence-corrected chi connectivity index (χ1v) is 9.25. The zero-order valence-corrected chi connectivity index (χ0v) is 14.0. The standard InChI is InChI=1S/C16H24N2O3S/c1-3-14-4-6-16(7-5-14)22(20,21)17-12-15-8-10-18(11-9-15)13(2)19/h4-7,15,17H,3,8-12H2,1-2H3. The predicted octanol–water partition coefficient (Wildman–Crippen LogP) is 1.79. The third-order valence-electron chi connectivity index (χ3n) is 4.26. The molecule has 1 aliphatic rings. The number of likely N-dealkylation sites (tertiary alicyclic amines) is 1. The monoisotopic (exact) mass is 324 g/mol. The Labute approximate surface area is 132 Å². The minimum absolute atomic E-state index is 0.0926. The van der Waals surface area contributed by atoms with Gasteiger partial charge in [0.25, 0.3) is 0 Å². The molecular formula is C16H24N2O3S. The summed E-state index contributed by atoms with van der Waals surface area (Å²) in [6, 6.07) is 7.00. The average Bonchev–Trinajstić information content (AvgIpc) is 2.53. The van der Waals surface area contributed by atoms with Crippen molar-refractivity contribution in [1.29, 1.82) is 0 Å². The minimum atomic E-state index is -3.45. The Morgan fingerprint density at radius 1 is 1.23 bits per heavy atom. The van der Waals surface area contributed by atoms with Crippen molar-refractivity contribution >= 4 is 15.9 Å². The van der Waals surface area contributed by atoms with Gasteiger partial charge in [0.15, 0.2) is 0 Å². The molecule has 0 saturated carbocycles. The summed E-state index contributed by atoms with van der Waals surface area (Å²) >= 11 is 0. The molecule has 1 fully saturated rings. The quantitative estimate of drug-likeness (QED) is 0.898. The summed E-state index contributed by atoms with van der Waals surface area (Å²) in [4.78, 5) is 13.4. The van der Waals surface area contributed by atoms with Gasteiger partial charge in [-0.15, -0.1) is 0 Å². The normalized spacial score (nSPS) is 16.7. The van der Waals surface area contributed by atoms with Crippen molar-refractivity contribution in [1.82, 2.24) is 9.62 Å². The van der Waals surface area contributed by atoms with Crippen LogP contribution in [-0.2, 0) is 21.2 Å². The van der Waals surface area contributed by atoms with Crippen molar-refractivity contribution < 1.29 is 13.2 Å². The Morgan fingerprint density at radius 2 is 1.82 bits per heavy atom. The smallest absolute Gasteiger partial charge is 0.240 e. The van der Waals surface area contributed by atoms with E-state index in [1.54, 1.807) is 19.1 Å². The fraction of sp³-hybridized carbons (Fsp3) is 0.562. The molecule has 1 aromatic rings. The minimum Gasteiger partial charge on any atom is -0.343 e. The van der Waals surface area contributed by atoms with Crippen molar-refractivity contribution in [2.45, 2.75) is 38.0 Å². The third-order valence-corrected chi connectivity index (χ3v) is 5.70. The van der Waals surface area contributed by atoms with Crippen LogP contribution in [0.25, 0.3) is 0 Å². The van der Waals surface area contributed by atoms with Gasteiger partial charge in [0.1, 0.15) is 0 Å². The lowest BCUT2D eigenvalue weighted by Gasteiger charge is -2.31. The molecule has 0 aromatic heterocycles. The van der Waals surface area contributed by atoms with Crippen molar-refractivity contribution in [3.63, 3.8) is 0 Å². The molecule has 0 atom stereocenters. The maximum atomic E-state index is 12.3. The molecule has 1 N–H and O–H groups in total. The first kappa shape index (κ1) is 17.0. The fourth-order valence-corrected chi connectivity index (χ4v) is 3.78. The van der Waals surface area contributed by atoms with Gasteiger partial charge in [-0.3, -0.25) is 4.79 Å². The third kappa shape index (κ3) is 4.30. The molecule has 6 heteroatoms. The molecule has 22 heavy (non-hydrogen) atoms. The topological polar surface area (TPSA) is 66.5 Å². The predicted molar refractivity (Wildman–Crippen MR) is 86.0 cm³/mol. The van der Waals surface area contributed by atoms with E-state index in [0.717, 1.165) is 24.8 Å². The van der Waals surface area contributed by atoms with Gasteiger partial charge in [-0.25, -0.2) is 13.1 Å². The van der Waals surface area contributed by atoms with Crippen LogP contribution in [0.3, 0.4) is 0 Å². The summed E-state index contributed by atoms with van der Waals surface area (Å²) < 4.78 is 27.2. The van der Waals surface area contributed by atoms with Crippen LogP contribution in [0.5, 0.6) is 0 Å². The highest BCUT2D eigenvalue weighted by Gasteiger charge is 2.22. The second-order valence-electron chi connectivity index (χ2n) is 5.80. The Bertz CT molecular complexity index is 603. The van der Waals surface area contributed by atoms with Gasteiger partial charge in [-0.2, -0.15) is 0 Å². The summed E-state index contributed by atoms with van der Waals surface area (Å²) in [6.07, 6.45) is 2.58. The second kappa shape index (κ2) is 7.24. The Hall–Kier alpha value is -1.40. The van der Waals surface area contributed by atoms with Crippen molar-refractivity contribution in [2.75, 3.05) is 19.6 Å². The number of hydrogen-bond donors (Lipinski definition) is 1. The maximum absolute atomic E-state index is 12.3. The highest BCUT2D eigenvalue weighted by molar-refractivity contribution is 7.89. The molecule has 1 heterocycles. The molecule has 1 aliphatic heterocycles. The summed E-state index contributed by atoms with van der Waals surface area (Å²) in [5.74, 6) is 0.385. The van der Waals surface area contributed by atoms with E-state index in [1.807, 2.05) is 24.0 Å². The zero-order valence-electron chi connectivity index (χ0n) is 13.2. The van der Waals surface area contributed by atoms with Crippen molar-refractivity contribution in [3.8, 4) is 0 Å². The van der Waals surface area contributed by atoms with Crippen LogP contribution >= 0.6 is 0 Å². The Morgan fingerprint density at radius 3 is 2.32 bits per heavy atom. The molecule has 0 radical (unpaired) electrons. The molecule has 1 saturated heterocycles. The Balaban J connectivity index is 1.89. The number of carbonyl (C=O) groups excluding carboxylic acids is 1. The van der Waals surface area contributed by atoms with Gasteiger partial charge in [-0.05, 0) is 42.9 Å². The number of amides is 1. The van der Waals surface area contributed by atoms with Crippen LogP contribution < -0.4 is 4.72 Å². The van der Waals surface area contributed by atoms with E-state index >= 15 is 0 Å². The molecule has 0 aliphatic carbocycles. The van der Waals surface area contributed by atoms with Crippen molar-refractivity contribution in [3.05, 3.63) is 29.8 Å². The number of carbonyl (C=O) groups is 1. The van der Waals surface area contributed by atoms with Gasteiger partial charge in [0, 0.05) is 26.6 Å². The van der Waals surface area contributed by atoms with Gasteiger partial charge in [0.2, 0.25) is 15.9 Å². The lowest BCUT2D eigenvalue weighted by atomic mass is 9.97. The maximum Gasteiger partial charge on any atom is 0.240 e. The first-order valence-electron chi connectivity index (χ1n) is 7.76. The van der Waals surface area contributed by atoms with E-state index in [-0.39, 0.29) is 5.91 Å². The molecule has 0 bridgehead atoms. The summed E-state index contributed by atoms with van der Waals surface area (Å²) in [5.41, 5.74) is 1.12. The number of hydrogen-bond acceptors (Lipinski definition) is 3. The van der Waals surface area contributed by atoms with Crippen LogP contribution in [0.1, 0.15) is 32.3 Å². The number of sulfonamides is 1. The van der Waals surface area contributed by atoms with Crippen molar-refractivity contribution in [2.24, 2.45) is 5.92 Å². The number of nitrogens with one attached hydrogen (secondary N) is 1. The van der Waals surface area contributed by atoms with Crippen LogP contribution in [0.4, 0.5) is 0 Å². The average molecular weight is 324 g/mol. The van der Waals surface area contributed by atoms with E-state index in [4.69, 9.17) is 0 Å². The molecular weight excluding hydrogens is 300 g/mol. The number of piperidine rings is 1. The molecule has 0 spiro atoms. The first-order chi connectivity index (χ1) is 10.4. The van der Waals surface area contributed by atoms with Crippen LogP contribution in [-0.4, -0.2) is 38.9 Å². The SMILES string of the molecule is CCc1ccc(S(=O)(=O)NCC2CCN(C(C)=O)CC2)cc1. The fourth-order valence-electron chi connectivity index (χ4n) is 2.67. The number of benzene rings is 1. The molecule has 1 amide bonds. The highest BCUT2D eigenvalue weighted by Crippen LogP contribution is 2.18. The van der Waals surface area contributed by atoms with Gasteiger partial charge < -0.3 is 4.90 Å². The summed E-state index contributed by atoms with van der Waals surface area (Å²) in [6.45, 7) is 5.47. The summed E-state index contributed by atoms with van der Waals surface area (Å²) in [7, 11) is -3.45. The zero-order chi connectivity index (χ0) is 16.2. The Kier molecular flexibility index (Phi) is 5.58. The van der Waals surface area contributed by atoms with E-state index < -0.39 is 10.0 Å². The summed E-state index contributed by atoms with van der Waals surface area (Å²) in [5, 5.41) is 0. The van der Waals surface area contributed by atoms with Gasteiger partial charge in [-0.1, -0.05) is 19.1 Å². The highest BCUT2D eigenvalue weighted by atomic mass is 32.2. The number of rotatable bonds is 5. The molecule has 1 aromatic carbocycles. The van der Waals surface area contributed by atoms with Gasteiger partial charge in [0.05, 0.1) is 4.90 Å². The number of nitrogens with zero attached hydrogens (tertiary/aromatic N) is 1. The van der Waals surface area contributed by atoms with Crippen LogP contribution in [0.15, 0.2) is 29.2 Å². The molecule has 5 nitrogen and oxygen atoms in total. The molecule has 2 rings (SSSR count). The van der Waals surface area contributed by atoms with E-state index in [0.29, 0.717) is 30.4 Å². The van der Waals surface area contributed by atoms with Gasteiger partial charge >= 0.3 is 0 Å². The molecule has 0 unspecified atom stereocenters. The number of aryl methyl sites for hydroxylation is 1. The van der Waals surface area contributed by atoms with E-state index in [9.17, 15) is 13.2 Å². The second-order valence-corrected chi connectivity index (χ2v) is 7.57. The van der Waals surface area contributed by atoms with Crippen LogP contribution in [0, 0.1) is 5.92 Å². The lowest BCUT2D eigenvalue weighted by molar-refractivity contribution is -0.130. The molecule has 122 valence electrons. The van der Waals surface area contributed by atoms with Crippen LogP contribution in [0.2, 0.25) is 0 Å². The largest absolute Gasteiger partial charge is 0.343 e. The lowest BCUT2D eigenvalue weighted by Crippen LogP contribution is -2.40. The van der Waals surface area contributed by atoms with E-state index in [2.05, 4.69) is 4.72 Å². The van der Waals surface area contributed by atoms with E-state index in [1.165, 1.54) is 0 Å².